The summed E-state index contributed by atoms with van der Waals surface area (Å²) in [7, 11) is 0. The van der Waals surface area contributed by atoms with E-state index >= 15 is 0 Å². The predicted octanol–water partition coefficient (Wildman–Crippen LogP) is 3.17. The van der Waals surface area contributed by atoms with Crippen molar-refractivity contribution in [3.8, 4) is 6.07 Å². The van der Waals surface area contributed by atoms with Gasteiger partial charge < -0.3 is 5.32 Å². The summed E-state index contributed by atoms with van der Waals surface area (Å²) >= 11 is 1.69. The van der Waals surface area contributed by atoms with Gasteiger partial charge in [0.05, 0.1) is 22.7 Å². The molecule has 1 aliphatic carbocycles. The lowest BCUT2D eigenvalue weighted by molar-refractivity contribution is 0.226. The average Bonchev–Trinajstić information content (AvgIpc) is 2.84. The number of aromatic nitrogens is 1. The molecule has 4 heteroatoms. The Balaban J connectivity index is 1.60. The Morgan fingerprint density at radius 3 is 2.75 bits per heavy atom. The van der Waals surface area contributed by atoms with Crippen molar-refractivity contribution >= 4 is 11.3 Å². The summed E-state index contributed by atoms with van der Waals surface area (Å²) in [5.74, 6) is 0. The second-order valence-electron chi connectivity index (χ2n) is 5.41. The van der Waals surface area contributed by atoms with Gasteiger partial charge in [0.15, 0.2) is 0 Å². The van der Waals surface area contributed by atoms with Gasteiger partial charge in [0.25, 0.3) is 0 Å². The molecule has 0 atom stereocenters. The van der Waals surface area contributed by atoms with E-state index in [4.69, 9.17) is 0 Å². The van der Waals surface area contributed by atoms with E-state index in [1.54, 1.807) is 11.3 Å². The van der Waals surface area contributed by atoms with Crippen molar-refractivity contribution in [2.75, 3.05) is 0 Å². The zero-order valence-electron chi connectivity index (χ0n) is 11.5. The summed E-state index contributed by atoms with van der Waals surface area (Å²) in [4.78, 5) is 5.55. The molecule has 0 bridgehead atoms. The molecule has 0 saturated heterocycles. The predicted molar refractivity (Wildman–Crippen MR) is 80.4 cm³/mol. The summed E-state index contributed by atoms with van der Waals surface area (Å²) in [5, 5.41) is 13.1. The van der Waals surface area contributed by atoms with E-state index in [1.165, 1.54) is 4.88 Å². The van der Waals surface area contributed by atoms with Crippen molar-refractivity contribution in [3.05, 3.63) is 52.0 Å². The van der Waals surface area contributed by atoms with Crippen LogP contribution >= 0.6 is 11.3 Å². The highest BCUT2D eigenvalue weighted by Gasteiger charge is 2.45. The van der Waals surface area contributed by atoms with Crippen LogP contribution in [0, 0.1) is 18.3 Å². The average molecular weight is 283 g/mol. The Morgan fingerprint density at radius 2 is 2.15 bits per heavy atom. The second kappa shape index (κ2) is 5.35. The van der Waals surface area contributed by atoms with Gasteiger partial charge in [-0.1, -0.05) is 30.3 Å². The van der Waals surface area contributed by atoms with Crippen LogP contribution in [0.25, 0.3) is 0 Å². The third-order valence-electron chi connectivity index (χ3n) is 4.13. The quantitative estimate of drug-likeness (QED) is 0.937. The van der Waals surface area contributed by atoms with Crippen LogP contribution in [-0.2, 0) is 12.0 Å². The van der Waals surface area contributed by atoms with Gasteiger partial charge in [-0.15, -0.1) is 11.3 Å². The number of nitriles is 1. The van der Waals surface area contributed by atoms with Gasteiger partial charge in [0, 0.05) is 17.5 Å². The number of aryl methyl sites for hydroxylation is 1. The molecule has 20 heavy (non-hydrogen) atoms. The minimum atomic E-state index is -0.290. The Labute approximate surface area is 123 Å². The number of nitrogens with one attached hydrogen (secondary N) is 1. The molecular weight excluding hydrogens is 266 g/mol. The van der Waals surface area contributed by atoms with Gasteiger partial charge in [-0.05, 0) is 25.3 Å². The molecule has 1 fully saturated rings. The normalized spacial score (nSPS) is 24.9. The molecule has 0 amide bonds. The molecule has 1 aromatic carbocycles. The van der Waals surface area contributed by atoms with Gasteiger partial charge in [-0.25, -0.2) is 4.98 Å². The number of rotatable bonds is 4. The molecule has 0 aliphatic heterocycles. The largest absolute Gasteiger partial charge is 0.309 e. The van der Waals surface area contributed by atoms with E-state index in [9.17, 15) is 5.26 Å². The fourth-order valence-corrected chi connectivity index (χ4v) is 3.54. The molecule has 1 saturated carbocycles. The first-order valence-corrected chi connectivity index (χ1v) is 7.70. The lowest BCUT2D eigenvalue weighted by Crippen LogP contribution is -2.50. The number of hydrogen-bond acceptors (Lipinski definition) is 4. The van der Waals surface area contributed by atoms with Crippen LogP contribution in [-0.4, -0.2) is 11.0 Å². The van der Waals surface area contributed by atoms with Crippen LogP contribution in [0.5, 0.6) is 0 Å². The Hall–Kier alpha value is -1.70. The zero-order chi connectivity index (χ0) is 14.0. The maximum Gasteiger partial charge on any atom is 0.0852 e. The molecule has 2 aromatic rings. The molecule has 102 valence electrons. The molecule has 1 aliphatic rings. The number of nitrogens with zero attached hydrogens (tertiary/aromatic N) is 2. The van der Waals surface area contributed by atoms with E-state index in [-0.39, 0.29) is 5.41 Å². The van der Waals surface area contributed by atoms with Crippen LogP contribution in [0.1, 0.15) is 29.0 Å². The maximum absolute atomic E-state index is 9.52. The molecular formula is C16H17N3S. The fourth-order valence-electron chi connectivity index (χ4n) is 2.81. The van der Waals surface area contributed by atoms with Gasteiger partial charge in [-0.2, -0.15) is 5.26 Å². The van der Waals surface area contributed by atoms with Crippen LogP contribution in [0.3, 0.4) is 0 Å². The Kier molecular flexibility index (Phi) is 3.56. The van der Waals surface area contributed by atoms with Gasteiger partial charge in [0.2, 0.25) is 0 Å². The highest BCUT2D eigenvalue weighted by atomic mass is 32.1. The van der Waals surface area contributed by atoms with Crippen molar-refractivity contribution in [3.63, 3.8) is 0 Å². The first kappa shape index (κ1) is 13.3. The second-order valence-corrected chi connectivity index (χ2v) is 6.35. The molecule has 3 rings (SSSR count). The minimum absolute atomic E-state index is 0.290. The molecule has 0 unspecified atom stereocenters. The van der Waals surface area contributed by atoms with Crippen LogP contribution in [0.2, 0.25) is 0 Å². The maximum atomic E-state index is 9.52. The topological polar surface area (TPSA) is 48.7 Å². The molecule has 1 aromatic heterocycles. The van der Waals surface area contributed by atoms with Crippen molar-refractivity contribution in [2.24, 2.45) is 0 Å². The van der Waals surface area contributed by atoms with Crippen molar-refractivity contribution in [1.29, 1.82) is 5.26 Å². The summed E-state index contributed by atoms with van der Waals surface area (Å²) in [6.45, 7) is 2.90. The summed E-state index contributed by atoms with van der Waals surface area (Å²) < 4.78 is 0. The van der Waals surface area contributed by atoms with E-state index in [2.05, 4.69) is 28.5 Å². The van der Waals surface area contributed by atoms with Crippen molar-refractivity contribution in [2.45, 2.75) is 37.8 Å². The summed E-state index contributed by atoms with van der Waals surface area (Å²) in [6, 6.07) is 13.1. The van der Waals surface area contributed by atoms with E-state index < -0.39 is 0 Å². The Morgan fingerprint density at radius 1 is 1.40 bits per heavy atom. The number of thiazole rings is 1. The Bertz CT molecular complexity index is 621. The molecule has 0 spiro atoms. The smallest absolute Gasteiger partial charge is 0.0852 e. The molecule has 1 heterocycles. The highest BCUT2D eigenvalue weighted by molar-refractivity contribution is 7.09. The highest BCUT2D eigenvalue weighted by Crippen LogP contribution is 2.43. The van der Waals surface area contributed by atoms with Crippen LogP contribution < -0.4 is 5.32 Å². The fraction of sp³-hybridized carbons (Fsp3) is 0.375. The van der Waals surface area contributed by atoms with E-state index in [0.717, 1.165) is 30.6 Å². The third kappa shape index (κ3) is 2.35. The number of hydrogen-bond donors (Lipinski definition) is 1. The van der Waals surface area contributed by atoms with Crippen LogP contribution in [0.15, 0.2) is 35.8 Å². The van der Waals surface area contributed by atoms with Crippen LogP contribution in [0.4, 0.5) is 0 Å². The minimum Gasteiger partial charge on any atom is -0.309 e. The van der Waals surface area contributed by atoms with Crippen molar-refractivity contribution < 1.29 is 0 Å². The van der Waals surface area contributed by atoms with Gasteiger partial charge in [-0.3, -0.25) is 0 Å². The summed E-state index contributed by atoms with van der Waals surface area (Å²) in [6.07, 6.45) is 1.79. The number of benzene rings is 1. The van der Waals surface area contributed by atoms with Gasteiger partial charge >= 0.3 is 0 Å². The zero-order valence-corrected chi connectivity index (χ0v) is 12.3. The first-order chi connectivity index (χ1) is 9.73. The first-order valence-electron chi connectivity index (χ1n) is 6.83. The summed E-state index contributed by atoms with van der Waals surface area (Å²) in [5.41, 5.74) is 3.85. The lowest BCUT2D eigenvalue weighted by atomic mass is 9.62. The standard InChI is InChI=1S/C16H17N3S/c1-12-15(20-11-19-12)9-18-14-7-16(8-14,10-17)13-5-3-2-4-6-13/h2-6,11,14,18H,7-9H2,1H3. The van der Waals surface area contributed by atoms with E-state index in [0.29, 0.717) is 6.04 Å². The van der Waals surface area contributed by atoms with E-state index in [1.807, 2.05) is 30.6 Å². The van der Waals surface area contributed by atoms with Crippen molar-refractivity contribution in [1.82, 2.24) is 10.3 Å². The molecule has 0 radical (unpaired) electrons. The third-order valence-corrected chi connectivity index (χ3v) is 5.06. The lowest BCUT2D eigenvalue weighted by Gasteiger charge is -2.43. The van der Waals surface area contributed by atoms with Gasteiger partial charge in [0.1, 0.15) is 0 Å². The molecule has 3 nitrogen and oxygen atoms in total. The monoisotopic (exact) mass is 283 g/mol. The SMILES string of the molecule is Cc1ncsc1CNC1CC(C#N)(c2ccccc2)C1. The molecule has 1 N–H and O–H groups in total.